The maximum absolute atomic E-state index is 14.8. The van der Waals surface area contributed by atoms with Gasteiger partial charge in [0.05, 0.1) is 34.3 Å². The number of rotatable bonds is 4. The summed E-state index contributed by atoms with van der Waals surface area (Å²) < 4.78 is 57.0. The Bertz CT molecular complexity index is 1010. The fraction of sp³-hybridized carbons (Fsp3) is 0.0526. The van der Waals surface area contributed by atoms with Crippen molar-refractivity contribution in [2.45, 2.75) is 0 Å². The lowest BCUT2D eigenvalue weighted by molar-refractivity contribution is 0.102. The molecule has 29 heavy (non-hydrogen) atoms. The van der Waals surface area contributed by atoms with Crippen LogP contribution in [0, 0.1) is 23.3 Å². The topological polar surface area (TPSA) is 54.0 Å². The predicted octanol–water partition coefficient (Wildman–Crippen LogP) is 5.44. The van der Waals surface area contributed by atoms with E-state index in [1.807, 2.05) is 0 Å². The van der Waals surface area contributed by atoms with Crippen LogP contribution in [-0.4, -0.2) is 17.9 Å². The summed E-state index contributed by atoms with van der Waals surface area (Å²) in [5.74, 6) is -5.77. The van der Waals surface area contributed by atoms with E-state index in [1.54, 1.807) is 13.1 Å². The Hall–Kier alpha value is -2.84. The molecule has 0 atom stereocenters. The first-order chi connectivity index (χ1) is 12.9. The largest absolute Gasteiger partial charge is 0.386 e. The van der Waals surface area contributed by atoms with Crippen LogP contribution in [0.3, 0.4) is 0 Å². The zero-order chi connectivity index (χ0) is 19.6. The van der Waals surface area contributed by atoms with Crippen LogP contribution >= 0.6 is 24.8 Å². The summed E-state index contributed by atoms with van der Waals surface area (Å²) in [5.41, 5.74) is -1.62. The first kappa shape index (κ1) is 24.2. The van der Waals surface area contributed by atoms with Crippen LogP contribution in [0.2, 0.25) is 0 Å². The Balaban J connectivity index is 0.00000210. The predicted molar refractivity (Wildman–Crippen MR) is 108 cm³/mol. The highest BCUT2D eigenvalue weighted by atomic mass is 35.5. The van der Waals surface area contributed by atoms with Gasteiger partial charge in [-0.3, -0.25) is 9.78 Å². The van der Waals surface area contributed by atoms with Crippen LogP contribution in [0.5, 0.6) is 0 Å². The van der Waals surface area contributed by atoms with Crippen molar-refractivity contribution >= 4 is 42.1 Å². The van der Waals surface area contributed by atoms with Crippen molar-refractivity contribution in [1.29, 1.82) is 0 Å². The van der Waals surface area contributed by atoms with Crippen molar-refractivity contribution in [3.8, 4) is 11.1 Å². The van der Waals surface area contributed by atoms with Gasteiger partial charge in [0, 0.05) is 13.2 Å². The third-order valence-corrected chi connectivity index (χ3v) is 3.89. The number of amides is 1. The molecule has 0 aliphatic carbocycles. The molecule has 154 valence electrons. The molecule has 0 spiro atoms. The molecule has 2 N–H and O–H groups in total. The fourth-order valence-corrected chi connectivity index (χ4v) is 2.60. The van der Waals surface area contributed by atoms with Gasteiger partial charge in [0.25, 0.3) is 5.91 Å². The molecule has 4 nitrogen and oxygen atoms in total. The van der Waals surface area contributed by atoms with Crippen LogP contribution in [0.1, 0.15) is 10.4 Å². The number of hydrogen-bond donors (Lipinski definition) is 2. The van der Waals surface area contributed by atoms with Crippen LogP contribution in [0.4, 0.5) is 28.9 Å². The number of pyridine rings is 1. The number of hydrogen-bond acceptors (Lipinski definition) is 3. The van der Waals surface area contributed by atoms with Gasteiger partial charge in [-0.25, -0.2) is 17.6 Å². The minimum absolute atomic E-state index is 0. The molecule has 2 aromatic carbocycles. The van der Waals surface area contributed by atoms with Crippen LogP contribution in [-0.2, 0) is 0 Å². The van der Waals surface area contributed by atoms with E-state index in [0.29, 0.717) is 5.69 Å². The van der Waals surface area contributed by atoms with Crippen molar-refractivity contribution in [3.05, 3.63) is 77.6 Å². The second kappa shape index (κ2) is 10.1. The summed E-state index contributed by atoms with van der Waals surface area (Å²) >= 11 is 0. The number of nitrogens with zero attached hydrogens (tertiary/aromatic N) is 1. The Morgan fingerprint density at radius 2 is 1.48 bits per heavy atom. The van der Waals surface area contributed by atoms with Crippen molar-refractivity contribution < 1.29 is 22.4 Å². The summed E-state index contributed by atoms with van der Waals surface area (Å²) in [7, 11) is 1.61. The quantitative estimate of drug-likeness (QED) is 0.523. The number of anilines is 2. The summed E-state index contributed by atoms with van der Waals surface area (Å²) in [6.45, 7) is 0. The van der Waals surface area contributed by atoms with Gasteiger partial charge in [0.1, 0.15) is 23.3 Å². The second-order valence-electron chi connectivity index (χ2n) is 5.51. The number of aromatic nitrogens is 1. The summed E-state index contributed by atoms with van der Waals surface area (Å²) in [6, 6.07) is 6.08. The Morgan fingerprint density at radius 3 is 2.10 bits per heavy atom. The summed E-state index contributed by atoms with van der Waals surface area (Å²) in [5, 5.41) is 5.25. The van der Waals surface area contributed by atoms with Crippen LogP contribution in [0.15, 0.2) is 48.8 Å². The first-order valence-corrected chi connectivity index (χ1v) is 7.79. The molecule has 1 heterocycles. The molecule has 0 saturated carbocycles. The van der Waals surface area contributed by atoms with E-state index < -0.39 is 45.9 Å². The minimum Gasteiger partial charge on any atom is -0.386 e. The Labute approximate surface area is 176 Å². The van der Waals surface area contributed by atoms with Crippen molar-refractivity contribution in [2.75, 3.05) is 17.7 Å². The molecule has 0 bridgehead atoms. The zero-order valence-electron chi connectivity index (χ0n) is 14.8. The van der Waals surface area contributed by atoms with Gasteiger partial charge in [-0.1, -0.05) is 6.07 Å². The molecule has 0 aliphatic rings. The maximum Gasteiger partial charge on any atom is 0.258 e. The Kier molecular flexibility index (Phi) is 8.42. The first-order valence-electron chi connectivity index (χ1n) is 7.79. The third-order valence-electron chi connectivity index (χ3n) is 3.89. The molecule has 0 saturated heterocycles. The van der Waals surface area contributed by atoms with E-state index >= 15 is 0 Å². The van der Waals surface area contributed by atoms with E-state index in [-0.39, 0.29) is 30.5 Å². The van der Waals surface area contributed by atoms with Gasteiger partial charge in [-0.05, 0) is 30.3 Å². The monoisotopic (exact) mass is 447 g/mol. The number of carbonyl (C=O) groups excluding carboxylic acids is 1. The molecular formula is C19H15Cl2F4N3O. The highest BCUT2D eigenvalue weighted by molar-refractivity contribution is 6.06. The standard InChI is InChI=1S/C19H13F4N3O.2ClH/c1-24-14-7-8-25-9-15(14)26-19(27)10-5-6-13(22)17(18(10)23)16-11(20)3-2-4-12(16)21;;/h2-9H,1H3,(H,24,25)(H,26,27);2*1H. The molecule has 0 radical (unpaired) electrons. The minimum atomic E-state index is -1.37. The summed E-state index contributed by atoms with van der Waals surface area (Å²) in [4.78, 5) is 16.3. The van der Waals surface area contributed by atoms with Gasteiger partial charge in [0.15, 0.2) is 0 Å². The fourth-order valence-electron chi connectivity index (χ4n) is 2.60. The molecule has 0 unspecified atom stereocenters. The number of benzene rings is 2. The normalized spacial score (nSPS) is 9.83. The van der Waals surface area contributed by atoms with E-state index in [9.17, 15) is 22.4 Å². The van der Waals surface area contributed by atoms with Crippen LogP contribution < -0.4 is 10.6 Å². The van der Waals surface area contributed by atoms with Gasteiger partial charge >= 0.3 is 0 Å². The second-order valence-corrected chi connectivity index (χ2v) is 5.51. The lowest BCUT2D eigenvalue weighted by atomic mass is 9.99. The van der Waals surface area contributed by atoms with Gasteiger partial charge in [-0.15, -0.1) is 24.8 Å². The van der Waals surface area contributed by atoms with E-state index in [1.165, 1.54) is 12.4 Å². The number of halogens is 6. The molecule has 10 heteroatoms. The lowest BCUT2D eigenvalue weighted by Crippen LogP contribution is -2.16. The summed E-state index contributed by atoms with van der Waals surface area (Å²) in [6.07, 6.45) is 2.82. The average Bonchev–Trinajstić information content (AvgIpc) is 2.64. The maximum atomic E-state index is 14.8. The van der Waals surface area contributed by atoms with E-state index in [4.69, 9.17) is 0 Å². The van der Waals surface area contributed by atoms with Gasteiger partial charge < -0.3 is 10.6 Å². The van der Waals surface area contributed by atoms with Crippen molar-refractivity contribution in [1.82, 2.24) is 4.98 Å². The third kappa shape index (κ3) is 4.78. The highest BCUT2D eigenvalue weighted by Crippen LogP contribution is 2.32. The molecule has 1 aromatic heterocycles. The Morgan fingerprint density at radius 1 is 0.862 bits per heavy atom. The molecule has 0 fully saturated rings. The van der Waals surface area contributed by atoms with Crippen molar-refractivity contribution in [2.24, 2.45) is 0 Å². The SMILES string of the molecule is CNc1ccncc1NC(=O)c1ccc(F)c(-c2c(F)cccc2F)c1F.Cl.Cl. The smallest absolute Gasteiger partial charge is 0.258 e. The van der Waals surface area contributed by atoms with Gasteiger partial charge in [0.2, 0.25) is 0 Å². The highest BCUT2D eigenvalue weighted by Gasteiger charge is 2.24. The molecule has 0 aliphatic heterocycles. The van der Waals surface area contributed by atoms with Crippen LogP contribution in [0.25, 0.3) is 11.1 Å². The molecule has 1 amide bonds. The average molecular weight is 448 g/mol. The molecular weight excluding hydrogens is 433 g/mol. The lowest BCUT2D eigenvalue weighted by Gasteiger charge is -2.13. The van der Waals surface area contributed by atoms with Crippen molar-refractivity contribution in [3.63, 3.8) is 0 Å². The van der Waals surface area contributed by atoms with Gasteiger partial charge in [-0.2, -0.15) is 0 Å². The zero-order valence-corrected chi connectivity index (χ0v) is 16.4. The number of carbonyl (C=O) groups is 1. The molecule has 3 aromatic rings. The van der Waals surface area contributed by atoms with E-state index in [0.717, 1.165) is 30.3 Å². The number of nitrogens with one attached hydrogen (secondary N) is 2. The molecule has 3 rings (SSSR count). The van der Waals surface area contributed by atoms with E-state index in [2.05, 4.69) is 15.6 Å².